The van der Waals surface area contributed by atoms with E-state index in [4.69, 9.17) is 71.4 Å². The monoisotopic (exact) mass is 873 g/mol. The molecule has 1 N–H and O–H groups in total. The third kappa shape index (κ3) is 57.4. The maximum atomic E-state index is 8.60. The van der Waals surface area contributed by atoms with Crippen LogP contribution in [-0.4, -0.2) is 197 Å². The molecule has 0 aliphatic carbocycles. The summed E-state index contributed by atoms with van der Waals surface area (Å²) in [7, 11) is 0. The van der Waals surface area contributed by atoms with Gasteiger partial charge in [-0.05, 0) is 6.42 Å². The minimum Gasteiger partial charge on any atom is -0.394 e. The van der Waals surface area contributed by atoms with Crippen LogP contribution in [0.1, 0.15) is 103 Å². The summed E-state index contributed by atoms with van der Waals surface area (Å²) in [4.78, 5) is 0. The van der Waals surface area contributed by atoms with Gasteiger partial charge in [0.1, 0.15) is 0 Å². The number of ether oxygens (including phenoxy) is 14. The molecular weight excluding hydrogens is 780 g/mol. The van der Waals surface area contributed by atoms with Gasteiger partial charge in [0.15, 0.2) is 0 Å². The van der Waals surface area contributed by atoms with Crippen LogP contribution in [-0.2, 0) is 66.3 Å². The zero-order valence-corrected chi connectivity index (χ0v) is 38.3. The van der Waals surface area contributed by atoms with Crippen molar-refractivity contribution in [2.75, 3.05) is 192 Å². The molecule has 0 bridgehead atoms. The predicted molar refractivity (Wildman–Crippen MR) is 233 cm³/mol. The fourth-order valence-corrected chi connectivity index (χ4v) is 5.60. The number of aliphatic hydroxyl groups is 1. The van der Waals surface area contributed by atoms with Crippen LogP contribution >= 0.6 is 0 Å². The van der Waals surface area contributed by atoms with Crippen molar-refractivity contribution in [3.05, 3.63) is 0 Å². The molecule has 60 heavy (non-hydrogen) atoms. The van der Waals surface area contributed by atoms with Gasteiger partial charge in [0.2, 0.25) is 0 Å². The summed E-state index contributed by atoms with van der Waals surface area (Å²) in [6.07, 6.45) is 20.7. The van der Waals surface area contributed by atoms with Gasteiger partial charge in [0, 0.05) is 6.61 Å². The second kappa shape index (κ2) is 58.4. The Hall–Kier alpha value is -0.600. The summed E-state index contributed by atoms with van der Waals surface area (Å²) in [5, 5.41) is 8.60. The molecule has 0 saturated carbocycles. The van der Waals surface area contributed by atoms with Gasteiger partial charge in [0.05, 0.1) is 185 Å². The van der Waals surface area contributed by atoms with Crippen LogP contribution in [0, 0.1) is 0 Å². The van der Waals surface area contributed by atoms with Crippen LogP contribution in [0.15, 0.2) is 0 Å². The van der Waals surface area contributed by atoms with E-state index in [0.717, 1.165) is 13.0 Å². The zero-order valence-electron chi connectivity index (χ0n) is 38.3. The standard InChI is InChI=1S/C45H92O15/c1-2-3-4-5-6-7-8-9-10-11-12-13-14-15-16-18-47-20-22-49-24-26-51-28-30-53-32-34-55-36-38-57-40-42-59-44-45-60-43-41-58-39-37-56-35-33-54-31-29-52-27-25-50-23-21-48-19-17-46/h46H,2-45H2,1H3. The van der Waals surface area contributed by atoms with Crippen molar-refractivity contribution in [2.45, 2.75) is 103 Å². The average molecular weight is 873 g/mol. The largest absolute Gasteiger partial charge is 0.394 e. The minimum atomic E-state index is 0.0246. The van der Waals surface area contributed by atoms with Gasteiger partial charge in [-0.3, -0.25) is 0 Å². The van der Waals surface area contributed by atoms with Gasteiger partial charge >= 0.3 is 0 Å². The fraction of sp³-hybridized carbons (Fsp3) is 1.00. The first kappa shape index (κ1) is 59.4. The lowest BCUT2D eigenvalue weighted by Crippen LogP contribution is -2.15. The highest BCUT2D eigenvalue weighted by molar-refractivity contribution is 4.50. The van der Waals surface area contributed by atoms with Gasteiger partial charge in [-0.2, -0.15) is 0 Å². The van der Waals surface area contributed by atoms with Crippen molar-refractivity contribution in [3.63, 3.8) is 0 Å². The molecule has 0 amide bonds. The first-order chi connectivity index (χ1) is 29.9. The van der Waals surface area contributed by atoms with Crippen LogP contribution in [0.3, 0.4) is 0 Å². The number of unbranched alkanes of at least 4 members (excludes halogenated alkanes) is 14. The Bertz CT molecular complexity index is 670. The summed E-state index contributed by atoms with van der Waals surface area (Å²) in [6, 6.07) is 0. The second-order valence-corrected chi connectivity index (χ2v) is 14.2. The van der Waals surface area contributed by atoms with Crippen LogP contribution in [0.4, 0.5) is 0 Å². The van der Waals surface area contributed by atoms with Gasteiger partial charge in [-0.25, -0.2) is 0 Å². The summed E-state index contributed by atoms with van der Waals surface area (Å²) in [5.41, 5.74) is 0. The maximum absolute atomic E-state index is 8.60. The van der Waals surface area contributed by atoms with Crippen LogP contribution in [0.25, 0.3) is 0 Å². The summed E-state index contributed by atoms with van der Waals surface area (Å²) in [6.45, 7) is 17.0. The lowest BCUT2D eigenvalue weighted by Gasteiger charge is -2.09. The van der Waals surface area contributed by atoms with Gasteiger partial charge in [0.25, 0.3) is 0 Å². The highest BCUT2D eigenvalue weighted by Crippen LogP contribution is 2.13. The molecule has 0 aromatic heterocycles. The third-order valence-electron chi connectivity index (χ3n) is 8.96. The SMILES string of the molecule is CCCCCCCCCCCCCCCCCOCCOCCOCCOCCOCCOCCOCCOCCOCCOCCOCCOCCOCCOCCO. The van der Waals surface area contributed by atoms with E-state index in [1.165, 1.54) is 89.9 Å². The van der Waals surface area contributed by atoms with Crippen molar-refractivity contribution in [3.8, 4) is 0 Å². The molecule has 0 aromatic carbocycles. The van der Waals surface area contributed by atoms with Gasteiger partial charge in [-0.1, -0.05) is 96.8 Å². The molecule has 0 aliphatic heterocycles. The Kier molecular flexibility index (Phi) is 57.8. The Morgan fingerprint density at radius 1 is 0.183 bits per heavy atom. The Labute approximate surface area is 365 Å². The molecule has 0 heterocycles. The summed E-state index contributed by atoms with van der Waals surface area (Å²) in [5.74, 6) is 0. The van der Waals surface area contributed by atoms with E-state index < -0.39 is 0 Å². The minimum absolute atomic E-state index is 0.0246. The molecular formula is C45H92O15. The van der Waals surface area contributed by atoms with Crippen LogP contribution in [0.2, 0.25) is 0 Å². The molecule has 0 aliphatic rings. The highest BCUT2D eigenvalue weighted by Gasteiger charge is 1.99. The van der Waals surface area contributed by atoms with Crippen molar-refractivity contribution in [1.82, 2.24) is 0 Å². The molecule has 0 spiro atoms. The van der Waals surface area contributed by atoms with E-state index >= 15 is 0 Å². The van der Waals surface area contributed by atoms with E-state index in [1.54, 1.807) is 0 Å². The molecule has 0 rings (SSSR count). The molecule has 0 atom stereocenters. The molecule has 15 heteroatoms. The number of hydrogen-bond donors (Lipinski definition) is 1. The maximum Gasteiger partial charge on any atom is 0.0701 e. The average Bonchev–Trinajstić information content (AvgIpc) is 3.26. The number of hydrogen-bond acceptors (Lipinski definition) is 15. The van der Waals surface area contributed by atoms with Crippen molar-refractivity contribution in [1.29, 1.82) is 0 Å². The molecule has 15 nitrogen and oxygen atoms in total. The molecule has 0 unspecified atom stereocenters. The Morgan fingerprint density at radius 2 is 0.333 bits per heavy atom. The number of aliphatic hydroxyl groups excluding tert-OH is 1. The van der Waals surface area contributed by atoms with Crippen molar-refractivity contribution >= 4 is 0 Å². The molecule has 0 radical (unpaired) electrons. The fourth-order valence-electron chi connectivity index (χ4n) is 5.60. The third-order valence-corrected chi connectivity index (χ3v) is 8.96. The van der Waals surface area contributed by atoms with E-state index in [1.807, 2.05) is 0 Å². The predicted octanol–water partition coefficient (Wildman–Crippen LogP) is 6.08. The van der Waals surface area contributed by atoms with Crippen molar-refractivity contribution in [2.24, 2.45) is 0 Å². The first-order valence-electron chi connectivity index (χ1n) is 23.6. The Morgan fingerprint density at radius 3 is 0.517 bits per heavy atom. The van der Waals surface area contributed by atoms with Gasteiger partial charge < -0.3 is 71.4 Å². The zero-order chi connectivity index (χ0) is 43.0. The number of rotatable bonds is 57. The molecule has 0 aromatic rings. The van der Waals surface area contributed by atoms with E-state index in [2.05, 4.69) is 6.92 Å². The lowest BCUT2D eigenvalue weighted by atomic mass is 10.0. The quantitative estimate of drug-likeness (QED) is 0.0703. The molecule has 362 valence electrons. The summed E-state index contributed by atoms with van der Waals surface area (Å²) < 4.78 is 76.7. The van der Waals surface area contributed by atoms with Crippen LogP contribution in [0.5, 0.6) is 0 Å². The second-order valence-electron chi connectivity index (χ2n) is 14.2. The topological polar surface area (TPSA) is 149 Å². The lowest BCUT2D eigenvalue weighted by molar-refractivity contribution is -0.0297. The normalized spacial score (nSPS) is 11.7. The first-order valence-corrected chi connectivity index (χ1v) is 23.6. The van der Waals surface area contributed by atoms with E-state index in [9.17, 15) is 0 Å². The van der Waals surface area contributed by atoms with Crippen molar-refractivity contribution < 1.29 is 71.4 Å². The van der Waals surface area contributed by atoms with Crippen LogP contribution < -0.4 is 0 Å². The Balaban J connectivity index is 3.06. The van der Waals surface area contributed by atoms with Gasteiger partial charge in [-0.15, -0.1) is 0 Å². The highest BCUT2D eigenvalue weighted by atomic mass is 16.6. The summed E-state index contributed by atoms with van der Waals surface area (Å²) >= 11 is 0. The molecule has 0 saturated heterocycles. The molecule has 0 fully saturated rings. The smallest absolute Gasteiger partial charge is 0.0701 e. The van der Waals surface area contributed by atoms with E-state index in [0.29, 0.717) is 178 Å². The van der Waals surface area contributed by atoms with E-state index in [-0.39, 0.29) is 6.61 Å².